The van der Waals surface area contributed by atoms with Crippen LogP contribution in [0.4, 0.5) is 0 Å². The Bertz CT molecular complexity index is 198. The number of ether oxygens (including phenoxy) is 1. The molecule has 0 saturated carbocycles. The van der Waals surface area contributed by atoms with Gasteiger partial charge in [-0.2, -0.15) is 0 Å². The van der Waals surface area contributed by atoms with Gasteiger partial charge < -0.3 is 15.8 Å². The van der Waals surface area contributed by atoms with E-state index in [0.717, 1.165) is 13.1 Å². The maximum absolute atomic E-state index is 11.4. The average Bonchev–Trinajstić information content (AvgIpc) is 2.27. The number of carbonyl (C=O) groups excluding carboxylic acids is 1. The molecule has 0 aromatic rings. The van der Waals surface area contributed by atoms with E-state index in [0.29, 0.717) is 13.2 Å². The molecule has 1 aliphatic heterocycles. The lowest BCUT2D eigenvalue weighted by atomic mass is 10.2. The largest absolute Gasteiger partial charge is 0.374 e. The lowest BCUT2D eigenvalue weighted by molar-refractivity contribution is -0.128. The van der Waals surface area contributed by atoms with Crippen LogP contribution in [0.3, 0.4) is 0 Å². The van der Waals surface area contributed by atoms with Crippen LogP contribution < -0.4 is 11.1 Å². The molecule has 1 aliphatic rings. The minimum absolute atomic E-state index is 0.0441. The summed E-state index contributed by atoms with van der Waals surface area (Å²) in [6.07, 6.45) is 0.0656. The van der Waals surface area contributed by atoms with Crippen LogP contribution in [0.2, 0.25) is 0 Å². The van der Waals surface area contributed by atoms with Crippen molar-refractivity contribution in [2.45, 2.75) is 19.1 Å². The Balaban J connectivity index is 2.46. The van der Waals surface area contributed by atoms with Gasteiger partial charge in [-0.3, -0.25) is 9.69 Å². The SMILES string of the molecule is CNC(=O)C(C)N1CCOC(CN)C1. The van der Waals surface area contributed by atoms with Gasteiger partial charge >= 0.3 is 0 Å². The van der Waals surface area contributed by atoms with Crippen LogP contribution >= 0.6 is 0 Å². The molecule has 1 rings (SSSR count). The third-order valence-electron chi connectivity index (χ3n) is 2.61. The summed E-state index contributed by atoms with van der Waals surface area (Å²) in [6, 6.07) is -0.0991. The van der Waals surface area contributed by atoms with Gasteiger partial charge in [-0.15, -0.1) is 0 Å². The molecule has 82 valence electrons. The van der Waals surface area contributed by atoms with E-state index in [9.17, 15) is 4.79 Å². The summed E-state index contributed by atoms with van der Waals surface area (Å²) in [5.41, 5.74) is 5.52. The molecule has 1 fully saturated rings. The highest BCUT2D eigenvalue weighted by Gasteiger charge is 2.26. The molecule has 0 aromatic carbocycles. The Hall–Kier alpha value is -0.650. The molecule has 5 heteroatoms. The van der Waals surface area contributed by atoms with E-state index < -0.39 is 0 Å². The molecule has 0 radical (unpaired) electrons. The molecule has 3 N–H and O–H groups in total. The van der Waals surface area contributed by atoms with Gasteiger partial charge in [0, 0.05) is 26.7 Å². The second kappa shape index (κ2) is 5.29. The molecule has 0 spiro atoms. The Morgan fingerprint density at radius 1 is 1.79 bits per heavy atom. The molecular weight excluding hydrogens is 182 g/mol. The van der Waals surface area contributed by atoms with Crippen LogP contribution in [0.25, 0.3) is 0 Å². The average molecular weight is 201 g/mol. The summed E-state index contributed by atoms with van der Waals surface area (Å²) in [4.78, 5) is 13.5. The van der Waals surface area contributed by atoms with Crippen LogP contribution in [0.5, 0.6) is 0 Å². The van der Waals surface area contributed by atoms with Crippen molar-refractivity contribution in [3.63, 3.8) is 0 Å². The Labute approximate surface area is 84.6 Å². The van der Waals surface area contributed by atoms with Crippen molar-refractivity contribution >= 4 is 5.91 Å². The van der Waals surface area contributed by atoms with Gasteiger partial charge in [0.05, 0.1) is 18.8 Å². The van der Waals surface area contributed by atoms with Crippen LogP contribution in [0, 0.1) is 0 Å². The van der Waals surface area contributed by atoms with Gasteiger partial charge in [-0.05, 0) is 6.92 Å². The number of amides is 1. The molecule has 1 heterocycles. The third kappa shape index (κ3) is 2.67. The predicted molar refractivity (Wildman–Crippen MR) is 53.9 cm³/mol. The Kier molecular flexibility index (Phi) is 4.31. The summed E-state index contributed by atoms with van der Waals surface area (Å²) in [7, 11) is 1.65. The van der Waals surface area contributed by atoms with Gasteiger partial charge in [0.15, 0.2) is 0 Å². The fourth-order valence-electron chi connectivity index (χ4n) is 1.61. The monoisotopic (exact) mass is 201 g/mol. The molecule has 0 aromatic heterocycles. The van der Waals surface area contributed by atoms with E-state index in [1.165, 1.54) is 0 Å². The number of carbonyl (C=O) groups is 1. The first-order chi connectivity index (χ1) is 6.69. The molecule has 0 bridgehead atoms. The summed E-state index contributed by atoms with van der Waals surface area (Å²) in [6.45, 7) is 4.61. The summed E-state index contributed by atoms with van der Waals surface area (Å²) >= 11 is 0. The standard InChI is InChI=1S/C9H19N3O2/c1-7(9(13)11-2)12-3-4-14-8(5-10)6-12/h7-8H,3-6,10H2,1-2H3,(H,11,13). The molecular formula is C9H19N3O2. The molecule has 5 nitrogen and oxygen atoms in total. The zero-order valence-electron chi connectivity index (χ0n) is 8.82. The summed E-state index contributed by atoms with van der Waals surface area (Å²) in [5.74, 6) is 0.0441. The van der Waals surface area contributed by atoms with E-state index in [4.69, 9.17) is 10.5 Å². The van der Waals surface area contributed by atoms with Gasteiger partial charge in [-0.1, -0.05) is 0 Å². The van der Waals surface area contributed by atoms with Gasteiger partial charge in [0.25, 0.3) is 0 Å². The third-order valence-corrected chi connectivity index (χ3v) is 2.61. The Morgan fingerprint density at radius 3 is 3.07 bits per heavy atom. The molecule has 0 aliphatic carbocycles. The highest BCUT2D eigenvalue weighted by atomic mass is 16.5. The maximum Gasteiger partial charge on any atom is 0.236 e. The number of nitrogens with zero attached hydrogens (tertiary/aromatic N) is 1. The first kappa shape index (κ1) is 11.4. The zero-order chi connectivity index (χ0) is 10.6. The molecule has 1 saturated heterocycles. The van der Waals surface area contributed by atoms with Crippen molar-refractivity contribution in [1.29, 1.82) is 0 Å². The van der Waals surface area contributed by atoms with E-state index in [1.807, 2.05) is 6.92 Å². The number of nitrogens with two attached hydrogens (primary N) is 1. The predicted octanol–water partition coefficient (Wildman–Crippen LogP) is -1.22. The lowest BCUT2D eigenvalue weighted by Gasteiger charge is -2.35. The van der Waals surface area contributed by atoms with E-state index in [2.05, 4.69) is 10.2 Å². The maximum atomic E-state index is 11.4. The van der Waals surface area contributed by atoms with Crippen LogP contribution in [-0.2, 0) is 9.53 Å². The molecule has 14 heavy (non-hydrogen) atoms. The number of hydrogen-bond donors (Lipinski definition) is 2. The first-order valence-corrected chi connectivity index (χ1v) is 4.96. The summed E-state index contributed by atoms with van der Waals surface area (Å²) in [5, 5.41) is 2.64. The minimum atomic E-state index is -0.0991. The van der Waals surface area contributed by atoms with Gasteiger partial charge in [-0.25, -0.2) is 0 Å². The van der Waals surface area contributed by atoms with Crippen molar-refractivity contribution in [2.24, 2.45) is 5.73 Å². The first-order valence-electron chi connectivity index (χ1n) is 4.96. The van der Waals surface area contributed by atoms with Gasteiger partial charge in [0.2, 0.25) is 5.91 Å². The second-order valence-electron chi connectivity index (χ2n) is 3.51. The van der Waals surface area contributed by atoms with Crippen LogP contribution in [-0.4, -0.2) is 56.2 Å². The topological polar surface area (TPSA) is 67.6 Å². The molecule has 2 unspecified atom stereocenters. The van der Waals surface area contributed by atoms with Crippen molar-refractivity contribution in [1.82, 2.24) is 10.2 Å². The Morgan fingerprint density at radius 2 is 2.50 bits per heavy atom. The number of nitrogens with one attached hydrogen (secondary N) is 1. The summed E-state index contributed by atoms with van der Waals surface area (Å²) < 4.78 is 5.42. The minimum Gasteiger partial charge on any atom is -0.374 e. The quantitative estimate of drug-likeness (QED) is 0.600. The van der Waals surface area contributed by atoms with Crippen LogP contribution in [0.1, 0.15) is 6.92 Å². The fraction of sp³-hybridized carbons (Fsp3) is 0.889. The number of rotatable bonds is 3. The number of hydrogen-bond acceptors (Lipinski definition) is 4. The van der Waals surface area contributed by atoms with Gasteiger partial charge in [0.1, 0.15) is 0 Å². The lowest BCUT2D eigenvalue weighted by Crippen LogP contribution is -2.53. The highest BCUT2D eigenvalue weighted by Crippen LogP contribution is 2.08. The molecule has 1 amide bonds. The van der Waals surface area contributed by atoms with Crippen LogP contribution in [0.15, 0.2) is 0 Å². The van der Waals surface area contributed by atoms with Crippen molar-refractivity contribution in [3.05, 3.63) is 0 Å². The normalized spacial score (nSPS) is 25.8. The van der Waals surface area contributed by atoms with E-state index >= 15 is 0 Å². The fourth-order valence-corrected chi connectivity index (χ4v) is 1.61. The second-order valence-corrected chi connectivity index (χ2v) is 3.51. The van der Waals surface area contributed by atoms with Crippen molar-refractivity contribution < 1.29 is 9.53 Å². The smallest absolute Gasteiger partial charge is 0.236 e. The number of likely N-dealkylation sites (N-methyl/N-ethyl adjacent to an activating group) is 1. The van der Waals surface area contributed by atoms with E-state index in [-0.39, 0.29) is 18.1 Å². The van der Waals surface area contributed by atoms with E-state index in [1.54, 1.807) is 7.05 Å². The zero-order valence-corrected chi connectivity index (χ0v) is 8.82. The highest BCUT2D eigenvalue weighted by molar-refractivity contribution is 5.80. The van der Waals surface area contributed by atoms with Crippen molar-refractivity contribution in [3.8, 4) is 0 Å². The van der Waals surface area contributed by atoms with Crippen molar-refractivity contribution in [2.75, 3.05) is 33.3 Å². The molecule has 2 atom stereocenters. The number of morpholine rings is 1.